The first-order chi connectivity index (χ1) is 18.8. The maximum absolute atomic E-state index is 13.4. The lowest BCUT2D eigenvalue weighted by molar-refractivity contribution is -0.127. The predicted octanol–water partition coefficient (Wildman–Crippen LogP) is 3.96. The van der Waals surface area contributed by atoms with Crippen LogP contribution in [-0.2, 0) is 11.3 Å². The van der Waals surface area contributed by atoms with Gasteiger partial charge in [-0.15, -0.1) is 0 Å². The summed E-state index contributed by atoms with van der Waals surface area (Å²) < 4.78 is 4.23. The van der Waals surface area contributed by atoms with E-state index in [0.717, 1.165) is 52.7 Å². The zero-order chi connectivity index (χ0) is 26.9. The molecule has 3 aliphatic rings. The van der Waals surface area contributed by atoms with Crippen LogP contribution in [0.3, 0.4) is 0 Å². The molecule has 3 aliphatic heterocycles. The van der Waals surface area contributed by atoms with E-state index in [-0.39, 0.29) is 23.9 Å². The van der Waals surface area contributed by atoms with Crippen molar-refractivity contribution < 1.29 is 9.59 Å². The summed E-state index contributed by atoms with van der Waals surface area (Å²) in [5, 5.41) is 9.15. The monoisotopic (exact) mass is 517 g/mol. The molecule has 0 atom stereocenters. The minimum absolute atomic E-state index is 0.0531. The highest BCUT2D eigenvalue weighted by Crippen LogP contribution is 2.36. The zero-order valence-electron chi connectivity index (χ0n) is 21.8. The van der Waals surface area contributed by atoms with Gasteiger partial charge in [0.1, 0.15) is 6.54 Å². The number of carbonyl (C=O) groups is 2. The van der Waals surface area contributed by atoms with E-state index in [2.05, 4.69) is 44.3 Å². The van der Waals surface area contributed by atoms with Gasteiger partial charge in [0, 0.05) is 61.4 Å². The van der Waals surface area contributed by atoms with Crippen LogP contribution in [0.2, 0.25) is 0 Å². The Bertz CT molecular complexity index is 1680. The lowest BCUT2D eigenvalue weighted by Gasteiger charge is -2.47. The van der Waals surface area contributed by atoms with Crippen molar-refractivity contribution in [1.82, 2.24) is 23.9 Å². The van der Waals surface area contributed by atoms with Crippen LogP contribution in [-0.4, -0.2) is 69.1 Å². The molecule has 39 heavy (non-hydrogen) atoms. The highest BCUT2D eigenvalue weighted by molar-refractivity contribution is 6.12. The first-order valence-electron chi connectivity index (χ1n) is 13.0. The number of fused-ring (bicyclic) bond motifs is 5. The average Bonchev–Trinajstić information content (AvgIpc) is 3.61. The van der Waals surface area contributed by atoms with Crippen molar-refractivity contribution in [2.75, 3.05) is 38.1 Å². The van der Waals surface area contributed by atoms with Crippen LogP contribution in [0, 0.1) is 16.7 Å². The number of hydrogen-bond donors (Lipinski definition) is 0. The number of nitriles is 1. The molecular weight excluding hydrogens is 490 g/mol. The molecule has 9 nitrogen and oxygen atoms in total. The van der Waals surface area contributed by atoms with Gasteiger partial charge in [-0.05, 0) is 54.6 Å². The van der Waals surface area contributed by atoms with Crippen molar-refractivity contribution in [3.63, 3.8) is 0 Å². The Morgan fingerprint density at radius 2 is 1.82 bits per heavy atom. The normalized spacial score (nSPS) is 17.8. The Morgan fingerprint density at radius 1 is 1.03 bits per heavy atom. The molecule has 0 radical (unpaired) electrons. The van der Waals surface area contributed by atoms with E-state index in [0.29, 0.717) is 18.7 Å². The fraction of sp³-hybridized carbons (Fsp3) is 0.267. The average molecular weight is 518 g/mol. The first kappa shape index (κ1) is 23.4. The molecule has 4 aromatic rings. The van der Waals surface area contributed by atoms with Crippen LogP contribution >= 0.6 is 0 Å². The molecule has 2 fully saturated rings. The third-order valence-corrected chi connectivity index (χ3v) is 7.99. The van der Waals surface area contributed by atoms with Crippen molar-refractivity contribution in [1.29, 1.82) is 5.26 Å². The van der Waals surface area contributed by atoms with Gasteiger partial charge in [-0.25, -0.2) is 9.78 Å². The van der Waals surface area contributed by atoms with Gasteiger partial charge in [0.05, 0.1) is 23.0 Å². The molecule has 3 amide bonds. The van der Waals surface area contributed by atoms with Gasteiger partial charge in [0.25, 0.3) is 5.91 Å². The quantitative estimate of drug-likeness (QED) is 0.337. The molecular formula is C30H27N7O2. The van der Waals surface area contributed by atoms with E-state index in [1.54, 1.807) is 11.1 Å². The van der Waals surface area contributed by atoms with Crippen LogP contribution in [0.25, 0.3) is 28.3 Å². The summed E-state index contributed by atoms with van der Waals surface area (Å²) in [7, 11) is 2.05. The molecule has 0 aliphatic carbocycles. The molecule has 5 heterocycles. The molecule has 2 aromatic heterocycles. The number of likely N-dealkylation sites (tertiary alicyclic amines) is 1. The van der Waals surface area contributed by atoms with E-state index in [9.17, 15) is 9.59 Å². The topological polar surface area (TPSA) is 90.4 Å². The summed E-state index contributed by atoms with van der Waals surface area (Å²) in [6, 6.07) is 17.5. The minimum atomic E-state index is -0.252. The summed E-state index contributed by atoms with van der Waals surface area (Å²) in [5.41, 5.74) is 6.35. The van der Waals surface area contributed by atoms with Crippen LogP contribution in [0.5, 0.6) is 0 Å². The lowest BCUT2D eigenvalue weighted by atomic mass is 9.82. The van der Waals surface area contributed by atoms with Gasteiger partial charge in [-0.1, -0.05) is 19.1 Å². The number of anilines is 1. The fourth-order valence-electron chi connectivity index (χ4n) is 6.33. The molecule has 0 unspecified atom stereocenters. The second-order valence-electron chi connectivity index (χ2n) is 11.2. The summed E-state index contributed by atoms with van der Waals surface area (Å²) in [4.78, 5) is 36.1. The number of benzene rings is 2. The Balaban J connectivity index is 1.22. The molecule has 194 valence electrons. The van der Waals surface area contributed by atoms with Crippen molar-refractivity contribution in [3.8, 4) is 34.4 Å². The van der Waals surface area contributed by atoms with Gasteiger partial charge in [0.15, 0.2) is 5.82 Å². The summed E-state index contributed by atoms with van der Waals surface area (Å²) >= 11 is 0. The van der Waals surface area contributed by atoms with E-state index in [4.69, 9.17) is 5.26 Å². The maximum atomic E-state index is 13.4. The zero-order valence-corrected chi connectivity index (χ0v) is 21.8. The fourth-order valence-corrected chi connectivity index (χ4v) is 6.33. The number of carbonyl (C=O) groups excluding carboxylic acids is 2. The van der Waals surface area contributed by atoms with Crippen LogP contribution in [0.15, 0.2) is 67.1 Å². The number of amides is 3. The van der Waals surface area contributed by atoms with Gasteiger partial charge >= 0.3 is 6.03 Å². The number of urea groups is 1. The van der Waals surface area contributed by atoms with Gasteiger partial charge in [-0.3, -0.25) is 19.2 Å². The minimum Gasteiger partial charge on any atom is -0.340 e. The number of hydrogen-bond acceptors (Lipinski definition) is 5. The number of aromatic nitrogens is 3. The highest BCUT2D eigenvalue weighted by atomic mass is 16.2. The Kier molecular flexibility index (Phi) is 5.06. The van der Waals surface area contributed by atoms with Gasteiger partial charge in [-0.2, -0.15) is 5.26 Å². The van der Waals surface area contributed by atoms with E-state index < -0.39 is 0 Å². The van der Waals surface area contributed by atoms with Crippen LogP contribution < -0.4 is 4.90 Å². The van der Waals surface area contributed by atoms with Crippen molar-refractivity contribution in [2.24, 2.45) is 5.41 Å². The van der Waals surface area contributed by atoms with Gasteiger partial charge < -0.3 is 9.47 Å². The number of rotatable bonds is 4. The highest BCUT2D eigenvalue weighted by Gasteiger charge is 2.45. The van der Waals surface area contributed by atoms with Crippen molar-refractivity contribution in [3.05, 3.63) is 78.2 Å². The largest absolute Gasteiger partial charge is 0.340 e. The molecule has 9 heteroatoms. The number of imide groups is 1. The van der Waals surface area contributed by atoms with Crippen LogP contribution in [0.4, 0.5) is 10.5 Å². The van der Waals surface area contributed by atoms with Crippen molar-refractivity contribution >= 4 is 17.6 Å². The Labute approximate surface area is 226 Å². The molecule has 2 aromatic carbocycles. The van der Waals surface area contributed by atoms with E-state index >= 15 is 0 Å². The van der Waals surface area contributed by atoms with Gasteiger partial charge in [0.2, 0.25) is 0 Å². The Morgan fingerprint density at radius 3 is 2.56 bits per heavy atom. The molecule has 0 spiro atoms. The second-order valence-corrected chi connectivity index (χ2v) is 11.2. The molecule has 2 saturated heterocycles. The predicted molar refractivity (Wildman–Crippen MR) is 146 cm³/mol. The van der Waals surface area contributed by atoms with E-state index in [1.807, 2.05) is 55.7 Å². The smallest absolute Gasteiger partial charge is 0.331 e. The number of nitrogens with zero attached hydrogens (tertiary/aromatic N) is 7. The lowest BCUT2D eigenvalue weighted by Crippen LogP contribution is -2.58. The third kappa shape index (κ3) is 3.75. The molecule has 0 bridgehead atoms. The first-order valence-corrected chi connectivity index (χ1v) is 13.0. The summed E-state index contributed by atoms with van der Waals surface area (Å²) in [5.74, 6) is 0.682. The molecule has 0 saturated carbocycles. The van der Waals surface area contributed by atoms with E-state index in [1.165, 1.54) is 4.90 Å². The Hall–Kier alpha value is -4.68. The molecule has 0 N–H and O–H groups in total. The maximum Gasteiger partial charge on any atom is 0.331 e. The van der Waals surface area contributed by atoms with Crippen molar-refractivity contribution in [2.45, 2.75) is 13.5 Å². The molecule has 7 rings (SSSR count). The third-order valence-electron chi connectivity index (χ3n) is 7.99. The standard InChI is InChI=1S/C30H27N7O2/c1-30(17-33(2)18-30)19-37-27(38)16-36(29(37)39)24-7-8-25-23(11-24)15-34-14-22(21-5-3-20(13-31)4-6-21)12-26(34)28-32-9-10-35(25)28/h3-12,14H,15-19H2,1-2H3. The van der Waals surface area contributed by atoms with Crippen LogP contribution in [0.1, 0.15) is 18.1 Å². The SMILES string of the molecule is CN1CC(C)(CN2C(=O)CN(c3ccc4c(c3)Cn3cc(-c5ccc(C#N)cc5)cc3-c3nccn3-4)C2=O)C1. The second kappa shape index (κ2) is 8.41. The summed E-state index contributed by atoms with van der Waals surface area (Å²) in [6.07, 6.45) is 5.83. The summed E-state index contributed by atoms with van der Waals surface area (Å²) in [6.45, 7) is 4.96. The number of imidazole rings is 1.